The van der Waals surface area contributed by atoms with Gasteiger partial charge in [0.05, 0.1) is 11.3 Å². The maximum absolute atomic E-state index is 12.0. The fraction of sp³-hybridized carbons (Fsp3) is 0.250. The standard InChI is InChI=1S/C20H21N3O4S2/c1-29(25,26)17-11-9-15(10-12-17)14-19-22-23-20(27-19)21-18(24)8-5-13-28-16-6-3-2-4-7-16/h2-4,6-7,9-12H,5,8,13-14H2,1H3,(H,21,23,24). The highest BCUT2D eigenvalue weighted by atomic mass is 32.2. The van der Waals surface area contributed by atoms with Gasteiger partial charge < -0.3 is 4.42 Å². The van der Waals surface area contributed by atoms with Crippen molar-refractivity contribution in [1.29, 1.82) is 0 Å². The van der Waals surface area contributed by atoms with Crippen molar-refractivity contribution in [1.82, 2.24) is 10.2 Å². The molecular formula is C20H21N3O4S2. The maximum Gasteiger partial charge on any atom is 0.322 e. The lowest BCUT2D eigenvalue weighted by molar-refractivity contribution is -0.116. The molecule has 152 valence electrons. The van der Waals surface area contributed by atoms with Gasteiger partial charge in [0.2, 0.25) is 11.8 Å². The molecule has 0 atom stereocenters. The first-order chi connectivity index (χ1) is 13.9. The number of carbonyl (C=O) groups excluding carboxylic acids is 1. The van der Waals surface area contributed by atoms with E-state index in [1.807, 2.05) is 30.3 Å². The van der Waals surface area contributed by atoms with Crippen LogP contribution in [0.4, 0.5) is 6.01 Å². The van der Waals surface area contributed by atoms with E-state index in [-0.39, 0.29) is 16.8 Å². The molecule has 1 heterocycles. The number of aromatic nitrogens is 2. The van der Waals surface area contributed by atoms with Gasteiger partial charge >= 0.3 is 6.01 Å². The van der Waals surface area contributed by atoms with Gasteiger partial charge in [0.25, 0.3) is 0 Å². The number of benzene rings is 2. The number of sulfone groups is 1. The van der Waals surface area contributed by atoms with E-state index >= 15 is 0 Å². The van der Waals surface area contributed by atoms with Gasteiger partial charge in [-0.05, 0) is 42.0 Å². The molecule has 0 aliphatic rings. The van der Waals surface area contributed by atoms with Crippen LogP contribution in [-0.4, -0.2) is 36.5 Å². The topological polar surface area (TPSA) is 102 Å². The van der Waals surface area contributed by atoms with E-state index in [0.717, 1.165) is 24.0 Å². The minimum absolute atomic E-state index is 0.0634. The number of nitrogens with zero attached hydrogens (tertiary/aromatic N) is 2. The Balaban J connectivity index is 1.44. The van der Waals surface area contributed by atoms with Gasteiger partial charge in [-0.3, -0.25) is 10.1 Å². The Labute approximate surface area is 173 Å². The number of rotatable bonds is 9. The Morgan fingerprint density at radius 2 is 1.79 bits per heavy atom. The first-order valence-corrected chi connectivity index (χ1v) is 11.9. The third kappa shape index (κ3) is 6.72. The van der Waals surface area contributed by atoms with Gasteiger partial charge in [-0.2, -0.15) is 0 Å². The number of nitrogens with one attached hydrogen (secondary N) is 1. The van der Waals surface area contributed by atoms with E-state index in [1.54, 1.807) is 23.9 Å². The van der Waals surface area contributed by atoms with Crippen molar-refractivity contribution in [2.24, 2.45) is 0 Å². The van der Waals surface area contributed by atoms with Crippen LogP contribution in [0.25, 0.3) is 0 Å². The summed E-state index contributed by atoms with van der Waals surface area (Å²) >= 11 is 1.71. The summed E-state index contributed by atoms with van der Waals surface area (Å²) in [6, 6.07) is 16.6. The Morgan fingerprint density at radius 3 is 2.48 bits per heavy atom. The van der Waals surface area contributed by atoms with E-state index in [2.05, 4.69) is 15.5 Å². The highest BCUT2D eigenvalue weighted by Crippen LogP contribution is 2.19. The van der Waals surface area contributed by atoms with E-state index in [4.69, 9.17) is 4.42 Å². The Bertz CT molecular complexity index is 1050. The Hall–Kier alpha value is -2.65. The molecule has 1 N–H and O–H groups in total. The van der Waals surface area contributed by atoms with Crippen molar-refractivity contribution < 1.29 is 17.6 Å². The van der Waals surface area contributed by atoms with Crippen LogP contribution in [0, 0.1) is 0 Å². The number of hydrogen-bond acceptors (Lipinski definition) is 7. The predicted octanol–water partition coefficient (Wildman–Crippen LogP) is 3.57. The molecule has 2 aromatic carbocycles. The number of amides is 1. The Morgan fingerprint density at radius 1 is 1.07 bits per heavy atom. The van der Waals surface area contributed by atoms with Crippen LogP contribution in [0.2, 0.25) is 0 Å². The highest BCUT2D eigenvalue weighted by Gasteiger charge is 2.11. The molecule has 0 aliphatic carbocycles. The average Bonchev–Trinajstić information content (AvgIpc) is 3.12. The molecule has 9 heteroatoms. The molecule has 3 rings (SSSR count). The second-order valence-corrected chi connectivity index (χ2v) is 9.59. The van der Waals surface area contributed by atoms with Crippen molar-refractivity contribution in [3.63, 3.8) is 0 Å². The van der Waals surface area contributed by atoms with Gasteiger partial charge in [0.1, 0.15) is 0 Å². The largest absolute Gasteiger partial charge is 0.407 e. The van der Waals surface area contributed by atoms with Crippen molar-refractivity contribution >= 4 is 33.5 Å². The van der Waals surface area contributed by atoms with Crippen molar-refractivity contribution in [3.8, 4) is 0 Å². The molecule has 3 aromatic rings. The molecule has 0 aliphatic heterocycles. The third-order valence-electron chi connectivity index (χ3n) is 3.98. The first-order valence-electron chi connectivity index (χ1n) is 8.99. The van der Waals surface area contributed by atoms with Crippen LogP contribution in [-0.2, 0) is 21.1 Å². The van der Waals surface area contributed by atoms with E-state index in [1.165, 1.54) is 17.0 Å². The summed E-state index contributed by atoms with van der Waals surface area (Å²) in [7, 11) is -3.23. The van der Waals surface area contributed by atoms with Crippen LogP contribution in [0.5, 0.6) is 0 Å². The lowest BCUT2D eigenvalue weighted by atomic mass is 10.1. The fourth-order valence-electron chi connectivity index (χ4n) is 2.53. The lowest BCUT2D eigenvalue weighted by Crippen LogP contribution is -2.11. The quantitative estimate of drug-likeness (QED) is 0.408. The molecule has 1 amide bonds. The van der Waals surface area contributed by atoms with E-state index < -0.39 is 9.84 Å². The molecule has 0 spiro atoms. The van der Waals surface area contributed by atoms with Gasteiger partial charge in [-0.15, -0.1) is 16.9 Å². The minimum Gasteiger partial charge on any atom is -0.407 e. The normalized spacial score (nSPS) is 11.3. The number of thioether (sulfide) groups is 1. The maximum atomic E-state index is 12.0. The zero-order valence-corrected chi connectivity index (χ0v) is 17.5. The van der Waals surface area contributed by atoms with Crippen LogP contribution >= 0.6 is 11.8 Å². The van der Waals surface area contributed by atoms with Gasteiger partial charge in [-0.25, -0.2) is 8.42 Å². The highest BCUT2D eigenvalue weighted by molar-refractivity contribution is 7.99. The Kier molecular flexibility index (Phi) is 7.05. The van der Waals surface area contributed by atoms with E-state index in [0.29, 0.717) is 18.7 Å². The average molecular weight is 432 g/mol. The van der Waals surface area contributed by atoms with Gasteiger partial charge in [0, 0.05) is 17.6 Å². The predicted molar refractivity (Wildman–Crippen MR) is 112 cm³/mol. The second kappa shape index (κ2) is 9.71. The van der Waals surface area contributed by atoms with Crippen molar-refractivity contribution in [2.45, 2.75) is 29.1 Å². The molecule has 0 bridgehead atoms. The lowest BCUT2D eigenvalue weighted by Gasteiger charge is -2.02. The first kappa shape index (κ1) is 21.1. The molecule has 0 unspecified atom stereocenters. The molecule has 29 heavy (non-hydrogen) atoms. The summed E-state index contributed by atoms with van der Waals surface area (Å²) in [6.45, 7) is 0. The zero-order chi connectivity index (χ0) is 20.7. The summed E-state index contributed by atoms with van der Waals surface area (Å²) < 4.78 is 28.4. The molecule has 7 nitrogen and oxygen atoms in total. The molecule has 0 fully saturated rings. The van der Waals surface area contributed by atoms with Crippen molar-refractivity contribution in [2.75, 3.05) is 17.3 Å². The molecule has 0 radical (unpaired) electrons. The molecular weight excluding hydrogens is 410 g/mol. The third-order valence-corrected chi connectivity index (χ3v) is 6.21. The second-order valence-electron chi connectivity index (χ2n) is 6.41. The van der Waals surface area contributed by atoms with E-state index in [9.17, 15) is 13.2 Å². The van der Waals surface area contributed by atoms with Gasteiger partial charge in [0.15, 0.2) is 9.84 Å². The minimum atomic E-state index is -3.23. The smallest absolute Gasteiger partial charge is 0.322 e. The monoisotopic (exact) mass is 431 g/mol. The summed E-state index contributed by atoms with van der Waals surface area (Å²) in [5.41, 5.74) is 0.830. The number of carbonyl (C=O) groups is 1. The number of anilines is 1. The van der Waals surface area contributed by atoms with Crippen molar-refractivity contribution in [3.05, 3.63) is 66.1 Å². The summed E-state index contributed by atoms with van der Waals surface area (Å²) in [5.74, 6) is 1.01. The fourth-order valence-corrected chi connectivity index (χ4v) is 4.03. The van der Waals surface area contributed by atoms with Crippen LogP contribution < -0.4 is 5.32 Å². The van der Waals surface area contributed by atoms with Crippen LogP contribution in [0.1, 0.15) is 24.3 Å². The SMILES string of the molecule is CS(=O)(=O)c1ccc(Cc2nnc(NC(=O)CCCSc3ccccc3)o2)cc1. The zero-order valence-electron chi connectivity index (χ0n) is 15.9. The molecule has 0 saturated heterocycles. The molecule has 0 saturated carbocycles. The number of hydrogen-bond donors (Lipinski definition) is 1. The summed E-state index contributed by atoms with van der Waals surface area (Å²) in [5, 5.41) is 10.4. The van der Waals surface area contributed by atoms with Gasteiger partial charge in [-0.1, -0.05) is 35.4 Å². The summed E-state index contributed by atoms with van der Waals surface area (Å²) in [6.07, 6.45) is 2.61. The molecule has 1 aromatic heterocycles. The van der Waals surface area contributed by atoms with Crippen LogP contribution in [0.3, 0.4) is 0 Å². The van der Waals surface area contributed by atoms with Crippen LogP contribution in [0.15, 0.2) is 68.8 Å². The summed E-state index contributed by atoms with van der Waals surface area (Å²) in [4.78, 5) is 13.5.